The summed E-state index contributed by atoms with van der Waals surface area (Å²) in [5, 5.41) is 13.2. The van der Waals surface area contributed by atoms with Crippen LogP contribution in [0.2, 0.25) is 0 Å². The third-order valence-electron chi connectivity index (χ3n) is 3.37. The van der Waals surface area contributed by atoms with Gasteiger partial charge in [-0.3, -0.25) is 10.1 Å². The molecule has 4 nitrogen and oxygen atoms in total. The van der Waals surface area contributed by atoms with Crippen LogP contribution in [0.5, 0.6) is 5.75 Å². The van der Waals surface area contributed by atoms with Crippen LogP contribution in [-0.4, -0.2) is 35.5 Å². The highest BCUT2D eigenvalue weighted by Crippen LogP contribution is 2.25. The minimum Gasteiger partial charge on any atom is -0.508 e. The molecule has 0 aliphatic carbocycles. The standard InChI is InChI=1S/C15H24N2O2/c1-6-17(5)15(19)12(4)16-11(3)13-8-7-10(2)9-14(13)18/h7-9,11-12,16,18H,6H2,1-5H3. The summed E-state index contributed by atoms with van der Waals surface area (Å²) in [6.07, 6.45) is 0. The highest BCUT2D eigenvalue weighted by atomic mass is 16.3. The number of likely N-dealkylation sites (N-methyl/N-ethyl adjacent to an activating group) is 1. The molecule has 19 heavy (non-hydrogen) atoms. The summed E-state index contributed by atoms with van der Waals surface area (Å²) in [5.74, 6) is 0.324. The van der Waals surface area contributed by atoms with Crippen molar-refractivity contribution >= 4 is 5.91 Å². The first-order valence-corrected chi connectivity index (χ1v) is 6.67. The maximum atomic E-state index is 12.0. The lowest BCUT2D eigenvalue weighted by atomic mass is 10.0. The molecule has 0 aromatic heterocycles. The molecule has 0 heterocycles. The van der Waals surface area contributed by atoms with Crippen molar-refractivity contribution in [3.63, 3.8) is 0 Å². The topological polar surface area (TPSA) is 52.6 Å². The summed E-state index contributed by atoms with van der Waals surface area (Å²) < 4.78 is 0. The van der Waals surface area contributed by atoms with Crippen molar-refractivity contribution in [2.24, 2.45) is 0 Å². The molecule has 0 radical (unpaired) electrons. The average Bonchev–Trinajstić information content (AvgIpc) is 2.36. The molecule has 0 fully saturated rings. The first-order chi connectivity index (χ1) is 8.86. The average molecular weight is 264 g/mol. The zero-order valence-electron chi connectivity index (χ0n) is 12.4. The molecular formula is C15H24N2O2. The van der Waals surface area contributed by atoms with Gasteiger partial charge in [0.15, 0.2) is 0 Å². The SMILES string of the molecule is CCN(C)C(=O)C(C)NC(C)c1ccc(C)cc1O. The lowest BCUT2D eigenvalue weighted by molar-refractivity contribution is -0.131. The zero-order valence-corrected chi connectivity index (χ0v) is 12.4. The number of aromatic hydroxyl groups is 1. The van der Waals surface area contributed by atoms with Gasteiger partial charge in [-0.2, -0.15) is 0 Å². The van der Waals surface area contributed by atoms with Crippen molar-refractivity contribution in [3.8, 4) is 5.75 Å². The van der Waals surface area contributed by atoms with Gasteiger partial charge in [-0.05, 0) is 39.3 Å². The predicted octanol–water partition coefficient (Wildman–Crippen LogP) is 2.22. The second kappa shape index (κ2) is 6.57. The number of hydrogen-bond donors (Lipinski definition) is 2. The van der Waals surface area contributed by atoms with Crippen LogP contribution in [-0.2, 0) is 4.79 Å². The van der Waals surface area contributed by atoms with Gasteiger partial charge in [-0.15, -0.1) is 0 Å². The number of benzene rings is 1. The van der Waals surface area contributed by atoms with E-state index in [0.717, 1.165) is 11.1 Å². The molecule has 2 atom stereocenters. The molecule has 4 heteroatoms. The summed E-state index contributed by atoms with van der Waals surface area (Å²) in [7, 11) is 1.79. The van der Waals surface area contributed by atoms with Crippen molar-refractivity contribution in [1.29, 1.82) is 0 Å². The summed E-state index contributed by atoms with van der Waals surface area (Å²) in [5.41, 5.74) is 1.83. The number of phenolic OH excluding ortho intramolecular Hbond substituents is 1. The van der Waals surface area contributed by atoms with E-state index < -0.39 is 0 Å². The van der Waals surface area contributed by atoms with Crippen LogP contribution in [0, 0.1) is 6.92 Å². The lowest BCUT2D eigenvalue weighted by Gasteiger charge is -2.24. The molecule has 1 aromatic carbocycles. The van der Waals surface area contributed by atoms with Crippen LogP contribution in [0.15, 0.2) is 18.2 Å². The van der Waals surface area contributed by atoms with Crippen LogP contribution < -0.4 is 5.32 Å². The first kappa shape index (κ1) is 15.5. The minimum absolute atomic E-state index is 0.0564. The van der Waals surface area contributed by atoms with Crippen LogP contribution in [0.4, 0.5) is 0 Å². The number of aryl methyl sites for hydroxylation is 1. The van der Waals surface area contributed by atoms with Gasteiger partial charge >= 0.3 is 0 Å². The van der Waals surface area contributed by atoms with Crippen LogP contribution in [0.1, 0.15) is 37.9 Å². The molecule has 0 aliphatic rings. The summed E-state index contributed by atoms with van der Waals surface area (Å²) in [6, 6.07) is 5.23. The van der Waals surface area contributed by atoms with Crippen molar-refractivity contribution in [2.45, 2.75) is 39.8 Å². The molecule has 0 spiro atoms. The van der Waals surface area contributed by atoms with Crippen LogP contribution in [0.3, 0.4) is 0 Å². The maximum Gasteiger partial charge on any atom is 0.239 e. The smallest absolute Gasteiger partial charge is 0.239 e. The van der Waals surface area contributed by atoms with Crippen molar-refractivity contribution in [3.05, 3.63) is 29.3 Å². The Labute approximate surface area is 115 Å². The van der Waals surface area contributed by atoms with Gasteiger partial charge in [-0.25, -0.2) is 0 Å². The Morgan fingerprint density at radius 1 is 1.42 bits per heavy atom. The van der Waals surface area contributed by atoms with Gasteiger partial charge in [0.05, 0.1) is 6.04 Å². The first-order valence-electron chi connectivity index (χ1n) is 6.67. The highest BCUT2D eigenvalue weighted by Gasteiger charge is 2.20. The molecule has 106 valence electrons. The maximum absolute atomic E-state index is 12.0. The van der Waals surface area contributed by atoms with Crippen LogP contribution >= 0.6 is 0 Å². The monoisotopic (exact) mass is 264 g/mol. The predicted molar refractivity (Wildman–Crippen MR) is 77.2 cm³/mol. The van der Waals surface area contributed by atoms with E-state index in [4.69, 9.17) is 0 Å². The van der Waals surface area contributed by atoms with E-state index in [1.165, 1.54) is 0 Å². The van der Waals surface area contributed by atoms with Crippen molar-refractivity contribution < 1.29 is 9.90 Å². The number of carbonyl (C=O) groups is 1. The second-order valence-electron chi connectivity index (χ2n) is 5.02. The fraction of sp³-hybridized carbons (Fsp3) is 0.533. The molecule has 0 aliphatic heterocycles. The molecule has 1 aromatic rings. The Morgan fingerprint density at radius 3 is 2.58 bits per heavy atom. The summed E-state index contributed by atoms with van der Waals surface area (Å²) >= 11 is 0. The molecule has 0 bridgehead atoms. The number of hydrogen-bond acceptors (Lipinski definition) is 3. The van der Waals surface area contributed by atoms with Gasteiger partial charge in [0.1, 0.15) is 5.75 Å². The second-order valence-corrected chi connectivity index (χ2v) is 5.02. The van der Waals surface area contributed by atoms with Crippen LogP contribution in [0.25, 0.3) is 0 Å². The van der Waals surface area contributed by atoms with Gasteiger partial charge in [0, 0.05) is 25.2 Å². The Hall–Kier alpha value is -1.55. The quantitative estimate of drug-likeness (QED) is 0.857. The van der Waals surface area contributed by atoms with Crippen molar-refractivity contribution in [1.82, 2.24) is 10.2 Å². The molecule has 0 saturated carbocycles. The van der Waals surface area contributed by atoms with E-state index in [9.17, 15) is 9.90 Å². The highest BCUT2D eigenvalue weighted by molar-refractivity contribution is 5.81. The van der Waals surface area contributed by atoms with E-state index >= 15 is 0 Å². The molecule has 1 rings (SSSR count). The largest absolute Gasteiger partial charge is 0.508 e. The van der Waals surface area contributed by atoms with E-state index in [1.807, 2.05) is 39.8 Å². The number of carbonyl (C=O) groups excluding carboxylic acids is 1. The number of amides is 1. The fourth-order valence-corrected chi connectivity index (χ4v) is 2.04. The van der Waals surface area contributed by atoms with Gasteiger partial charge < -0.3 is 10.0 Å². The van der Waals surface area contributed by atoms with Gasteiger partial charge in [0.2, 0.25) is 5.91 Å². The number of nitrogens with one attached hydrogen (secondary N) is 1. The fourth-order valence-electron chi connectivity index (χ4n) is 2.04. The minimum atomic E-state index is -0.277. The third-order valence-corrected chi connectivity index (χ3v) is 3.37. The Bertz CT molecular complexity index is 446. The molecule has 2 unspecified atom stereocenters. The zero-order chi connectivity index (χ0) is 14.6. The lowest BCUT2D eigenvalue weighted by Crippen LogP contribution is -2.43. The van der Waals surface area contributed by atoms with E-state index in [2.05, 4.69) is 5.32 Å². The molecular weight excluding hydrogens is 240 g/mol. The normalized spacial score (nSPS) is 13.9. The van der Waals surface area contributed by atoms with Gasteiger partial charge in [0.25, 0.3) is 0 Å². The number of phenols is 1. The summed E-state index contributed by atoms with van der Waals surface area (Å²) in [4.78, 5) is 13.7. The summed E-state index contributed by atoms with van der Waals surface area (Å²) in [6.45, 7) is 8.36. The van der Waals surface area contributed by atoms with E-state index in [-0.39, 0.29) is 23.7 Å². The Kier molecular flexibility index (Phi) is 5.36. The number of rotatable bonds is 5. The molecule has 1 amide bonds. The van der Waals surface area contributed by atoms with E-state index in [0.29, 0.717) is 6.54 Å². The third kappa shape index (κ3) is 3.96. The van der Waals surface area contributed by atoms with Gasteiger partial charge in [-0.1, -0.05) is 12.1 Å². The molecule has 2 N–H and O–H groups in total. The Morgan fingerprint density at radius 2 is 2.05 bits per heavy atom. The van der Waals surface area contributed by atoms with E-state index in [1.54, 1.807) is 18.0 Å². The Balaban J connectivity index is 2.74. The molecule has 0 saturated heterocycles. The number of nitrogens with zero attached hydrogens (tertiary/aromatic N) is 1. The van der Waals surface area contributed by atoms with Crippen molar-refractivity contribution in [2.75, 3.05) is 13.6 Å².